The highest BCUT2D eigenvalue weighted by molar-refractivity contribution is 8.59. The van der Waals surface area contributed by atoms with E-state index in [0.29, 0.717) is 0 Å². The van der Waals surface area contributed by atoms with Crippen LogP contribution in [0.25, 0.3) is 0 Å². The molecular formula is C14H23O2PS2. The average Bonchev–Trinajstić information content (AvgIpc) is 2.34. The zero-order valence-electron chi connectivity index (χ0n) is 11.6. The number of para-hydroxylation sites is 1. The monoisotopic (exact) mass is 318 g/mol. The second-order valence-electron chi connectivity index (χ2n) is 4.69. The highest BCUT2D eigenvalue weighted by Gasteiger charge is 2.15. The summed E-state index contributed by atoms with van der Waals surface area (Å²) in [5, 5.41) is 0. The Kier molecular flexibility index (Phi) is 7.45. The van der Waals surface area contributed by atoms with Crippen LogP contribution in [0.5, 0.6) is 5.75 Å². The van der Waals surface area contributed by atoms with Crippen molar-refractivity contribution in [2.45, 2.75) is 52.4 Å². The highest BCUT2D eigenvalue weighted by atomic mass is 32.9. The molecule has 0 aliphatic rings. The van der Waals surface area contributed by atoms with Gasteiger partial charge in [0.1, 0.15) is 5.75 Å². The molecule has 0 saturated carbocycles. The third-order valence-corrected chi connectivity index (χ3v) is 3.88. The molecule has 0 saturated heterocycles. The van der Waals surface area contributed by atoms with Crippen molar-refractivity contribution in [1.82, 2.24) is 0 Å². The van der Waals surface area contributed by atoms with Crippen molar-refractivity contribution in [3.8, 4) is 5.75 Å². The van der Waals surface area contributed by atoms with E-state index in [1.165, 1.54) is 0 Å². The van der Waals surface area contributed by atoms with E-state index in [9.17, 15) is 4.89 Å². The summed E-state index contributed by atoms with van der Waals surface area (Å²) in [6, 6.07) is 6.17. The molecule has 0 spiro atoms. The van der Waals surface area contributed by atoms with Crippen LogP contribution in [-0.2, 0) is 24.6 Å². The van der Waals surface area contributed by atoms with E-state index in [4.69, 9.17) is 16.3 Å². The van der Waals surface area contributed by atoms with Gasteiger partial charge in [-0.25, -0.2) is 0 Å². The lowest BCUT2D eigenvalue weighted by Gasteiger charge is -2.18. The van der Waals surface area contributed by atoms with Gasteiger partial charge in [-0.3, -0.25) is 0 Å². The predicted molar refractivity (Wildman–Crippen MR) is 89.8 cm³/mol. The number of aryl methyl sites for hydroxylation is 2. The van der Waals surface area contributed by atoms with E-state index >= 15 is 0 Å². The standard InChI is InChI=1S/C14H23O2PS2/c1-3-5-8-12-10-7-11-13(9-6-4-2)14(12)16-17(15,18)19/h7,10-11H,3-6,8-9H2,1-2H3,(H2,15,18,19). The van der Waals surface area contributed by atoms with Crippen molar-refractivity contribution in [3.63, 3.8) is 0 Å². The molecule has 0 bridgehead atoms. The average molecular weight is 318 g/mol. The van der Waals surface area contributed by atoms with E-state index in [1.807, 2.05) is 0 Å². The Morgan fingerprint density at radius 1 is 1.16 bits per heavy atom. The van der Waals surface area contributed by atoms with E-state index in [-0.39, 0.29) is 0 Å². The van der Waals surface area contributed by atoms with Gasteiger partial charge in [-0.05, 0) is 48.6 Å². The van der Waals surface area contributed by atoms with Crippen molar-refractivity contribution >= 4 is 29.7 Å². The number of unbranched alkanes of at least 4 members (excludes halogenated alkanes) is 2. The zero-order valence-corrected chi connectivity index (χ0v) is 14.2. The lowest BCUT2D eigenvalue weighted by Crippen LogP contribution is -1.98. The van der Waals surface area contributed by atoms with E-state index in [2.05, 4.69) is 44.3 Å². The maximum Gasteiger partial charge on any atom is 0.291 e. The lowest BCUT2D eigenvalue weighted by atomic mass is 10.0. The van der Waals surface area contributed by atoms with Crippen LogP contribution in [0.15, 0.2) is 18.2 Å². The van der Waals surface area contributed by atoms with Crippen molar-refractivity contribution in [2.24, 2.45) is 0 Å². The number of hydrogen-bond donors (Lipinski definition) is 2. The van der Waals surface area contributed by atoms with Crippen molar-refractivity contribution in [2.75, 3.05) is 0 Å². The van der Waals surface area contributed by atoms with E-state index in [0.717, 1.165) is 55.4 Å². The predicted octanol–water partition coefficient (Wildman–Crippen LogP) is 4.90. The summed E-state index contributed by atoms with van der Waals surface area (Å²) in [5.41, 5.74) is -0.714. The van der Waals surface area contributed by atoms with Crippen molar-refractivity contribution in [1.29, 1.82) is 0 Å². The Morgan fingerprint density at radius 2 is 1.63 bits per heavy atom. The van der Waals surface area contributed by atoms with Gasteiger partial charge < -0.3 is 9.42 Å². The van der Waals surface area contributed by atoms with Crippen LogP contribution in [0.4, 0.5) is 0 Å². The van der Waals surface area contributed by atoms with Crippen molar-refractivity contribution in [3.05, 3.63) is 29.3 Å². The maximum atomic E-state index is 9.74. The summed E-state index contributed by atoms with van der Waals surface area (Å²) in [6.45, 7) is 4.33. The third-order valence-electron chi connectivity index (χ3n) is 2.99. The normalized spacial score (nSPS) is 14.1. The summed E-state index contributed by atoms with van der Waals surface area (Å²) in [5.74, 6) is 0.769. The number of benzene rings is 1. The first-order valence-corrected chi connectivity index (χ1v) is 10.7. The molecule has 108 valence electrons. The Bertz CT molecular complexity index is 417. The van der Waals surface area contributed by atoms with Gasteiger partial charge in [-0.2, -0.15) is 0 Å². The highest BCUT2D eigenvalue weighted by Crippen LogP contribution is 2.49. The molecule has 19 heavy (non-hydrogen) atoms. The Hall–Kier alpha value is -0.0200. The molecule has 0 radical (unpaired) electrons. The topological polar surface area (TPSA) is 29.5 Å². The van der Waals surface area contributed by atoms with Crippen LogP contribution in [0, 0.1) is 0 Å². The summed E-state index contributed by atoms with van der Waals surface area (Å²) >= 11 is 8.92. The van der Waals surface area contributed by atoms with E-state index < -0.39 is 5.69 Å². The molecule has 1 N–H and O–H groups in total. The van der Waals surface area contributed by atoms with Gasteiger partial charge in [-0.15, -0.1) is 0 Å². The first kappa shape index (κ1) is 17.0. The van der Waals surface area contributed by atoms with E-state index in [1.54, 1.807) is 0 Å². The van der Waals surface area contributed by atoms with Crippen LogP contribution in [0.3, 0.4) is 0 Å². The molecule has 0 fully saturated rings. The summed E-state index contributed by atoms with van der Waals surface area (Å²) in [6.07, 6.45) is 6.38. The first-order valence-electron chi connectivity index (χ1n) is 6.83. The smallest absolute Gasteiger partial charge is 0.291 e. The zero-order chi connectivity index (χ0) is 14.3. The van der Waals surface area contributed by atoms with Crippen LogP contribution >= 0.6 is 17.9 Å². The molecule has 1 atom stereocenters. The van der Waals surface area contributed by atoms with Crippen LogP contribution in [0.1, 0.15) is 50.7 Å². The molecule has 0 aliphatic heterocycles. The Balaban J connectivity index is 3.04. The second-order valence-corrected chi connectivity index (χ2v) is 9.78. The number of thiol groups is 1. The van der Waals surface area contributed by atoms with Gasteiger partial charge >= 0.3 is 0 Å². The molecule has 0 heterocycles. The third kappa shape index (κ3) is 6.31. The molecule has 1 aromatic rings. The first-order chi connectivity index (χ1) is 8.98. The fourth-order valence-electron chi connectivity index (χ4n) is 2.00. The maximum absolute atomic E-state index is 9.74. The Labute approximate surface area is 126 Å². The quantitative estimate of drug-likeness (QED) is 0.528. The molecule has 1 unspecified atom stereocenters. The minimum Gasteiger partial charge on any atom is -0.436 e. The molecule has 0 aliphatic carbocycles. The fourth-order valence-corrected chi connectivity index (χ4v) is 2.94. The molecular weight excluding hydrogens is 295 g/mol. The molecule has 1 aromatic carbocycles. The fraction of sp³-hybridized carbons (Fsp3) is 0.571. The van der Waals surface area contributed by atoms with Gasteiger partial charge in [0.15, 0.2) is 0 Å². The Morgan fingerprint density at radius 3 is 2.00 bits per heavy atom. The number of hydrogen-bond acceptors (Lipinski definition) is 2. The largest absolute Gasteiger partial charge is 0.436 e. The van der Waals surface area contributed by atoms with Crippen LogP contribution in [-0.4, -0.2) is 4.89 Å². The molecule has 0 aromatic heterocycles. The lowest BCUT2D eigenvalue weighted by molar-refractivity contribution is 0.495. The van der Waals surface area contributed by atoms with Gasteiger partial charge in [0.2, 0.25) is 0 Å². The van der Waals surface area contributed by atoms with Gasteiger partial charge in [0, 0.05) is 0 Å². The molecule has 1 rings (SSSR count). The molecule has 2 nitrogen and oxygen atoms in total. The van der Waals surface area contributed by atoms with Crippen LogP contribution in [0.2, 0.25) is 0 Å². The van der Waals surface area contributed by atoms with Crippen LogP contribution < -0.4 is 4.52 Å². The van der Waals surface area contributed by atoms with Gasteiger partial charge in [0.25, 0.3) is 5.69 Å². The summed E-state index contributed by atoms with van der Waals surface area (Å²) in [4.78, 5) is 9.74. The summed E-state index contributed by atoms with van der Waals surface area (Å²) < 4.78 is 5.60. The molecule has 0 amide bonds. The second kappa shape index (κ2) is 8.31. The number of rotatable bonds is 8. The van der Waals surface area contributed by atoms with Gasteiger partial charge in [-0.1, -0.05) is 57.1 Å². The van der Waals surface area contributed by atoms with Gasteiger partial charge in [0.05, 0.1) is 0 Å². The minimum atomic E-state index is -2.98. The van der Waals surface area contributed by atoms with Crippen molar-refractivity contribution < 1.29 is 9.42 Å². The molecule has 5 heteroatoms. The SMILES string of the molecule is CCCCc1cccc(CCCC)c1OP(O)(=S)S. The minimum absolute atomic E-state index is 0.769. The summed E-state index contributed by atoms with van der Waals surface area (Å²) in [7, 11) is 0.